The van der Waals surface area contributed by atoms with Crippen LogP contribution >= 0.6 is 11.3 Å². The molecule has 2 aromatic carbocycles. The van der Waals surface area contributed by atoms with Crippen LogP contribution in [-0.4, -0.2) is 21.4 Å². The summed E-state index contributed by atoms with van der Waals surface area (Å²) in [6, 6.07) is 14.9. The van der Waals surface area contributed by atoms with Crippen LogP contribution in [0.15, 0.2) is 58.8 Å². The lowest BCUT2D eigenvalue weighted by molar-refractivity contribution is 0.102. The van der Waals surface area contributed by atoms with Crippen LogP contribution in [0.25, 0.3) is 10.4 Å². The molecule has 0 atom stereocenters. The van der Waals surface area contributed by atoms with E-state index in [1.54, 1.807) is 55.6 Å². The van der Waals surface area contributed by atoms with Crippen molar-refractivity contribution in [3.63, 3.8) is 0 Å². The number of thiophene rings is 1. The van der Waals surface area contributed by atoms with Crippen molar-refractivity contribution in [2.24, 2.45) is 5.14 Å². The van der Waals surface area contributed by atoms with E-state index in [0.29, 0.717) is 33.1 Å². The predicted molar refractivity (Wildman–Crippen MR) is 106 cm³/mol. The van der Waals surface area contributed by atoms with Gasteiger partial charge in [-0.25, -0.2) is 13.6 Å². The molecule has 1 heterocycles. The van der Waals surface area contributed by atoms with Gasteiger partial charge in [-0.15, -0.1) is 11.3 Å². The second-order valence-corrected chi connectivity index (χ2v) is 8.52. The second-order valence-electron chi connectivity index (χ2n) is 5.65. The number of benzene rings is 2. The standard InChI is InChI=1S/C18H17N3O4S2/c1-25-13-5-2-11(3-6-13)18(22)21-15-10-12(4-7-14(15)19)16-8-9-17(26-16)27(20,23)24/h2-10H,19H2,1H3,(H,21,22)(H2,20,23,24). The lowest BCUT2D eigenvalue weighted by Gasteiger charge is -2.10. The third-order valence-electron chi connectivity index (χ3n) is 3.80. The molecule has 0 saturated carbocycles. The molecule has 0 spiro atoms. The predicted octanol–water partition coefficient (Wildman–Crippen LogP) is 2.91. The summed E-state index contributed by atoms with van der Waals surface area (Å²) < 4.78 is 28.0. The van der Waals surface area contributed by atoms with Gasteiger partial charge in [0.15, 0.2) is 0 Å². The highest BCUT2D eigenvalue weighted by atomic mass is 32.2. The van der Waals surface area contributed by atoms with Crippen LogP contribution < -0.4 is 20.9 Å². The van der Waals surface area contributed by atoms with E-state index in [-0.39, 0.29) is 10.1 Å². The number of carbonyl (C=O) groups is 1. The van der Waals surface area contributed by atoms with Crippen molar-refractivity contribution in [2.75, 3.05) is 18.2 Å². The molecule has 1 amide bonds. The maximum Gasteiger partial charge on any atom is 0.255 e. The molecule has 27 heavy (non-hydrogen) atoms. The zero-order valence-corrected chi connectivity index (χ0v) is 15.9. The number of amides is 1. The van der Waals surface area contributed by atoms with E-state index in [9.17, 15) is 13.2 Å². The average molecular weight is 403 g/mol. The van der Waals surface area contributed by atoms with E-state index in [4.69, 9.17) is 15.6 Å². The molecule has 5 N–H and O–H groups in total. The molecule has 0 bridgehead atoms. The average Bonchev–Trinajstić information content (AvgIpc) is 3.14. The van der Waals surface area contributed by atoms with Gasteiger partial charge in [0.2, 0.25) is 10.0 Å². The molecule has 7 nitrogen and oxygen atoms in total. The molecule has 0 aliphatic carbocycles. The zero-order chi connectivity index (χ0) is 19.6. The Hall–Kier alpha value is -2.88. The zero-order valence-electron chi connectivity index (χ0n) is 14.3. The summed E-state index contributed by atoms with van der Waals surface area (Å²) in [4.78, 5) is 13.1. The minimum Gasteiger partial charge on any atom is -0.497 e. The van der Waals surface area contributed by atoms with Crippen molar-refractivity contribution in [3.05, 3.63) is 60.2 Å². The molecule has 0 saturated heterocycles. The molecule has 0 unspecified atom stereocenters. The van der Waals surface area contributed by atoms with Crippen molar-refractivity contribution >= 4 is 38.6 Å². The molecule has 3 aromatic rings. The molecule has 0 radical (unpaired) electrons. The molecular weight excluding hydrogens is 386 g/mol. The normalized spacial score (nSPS) is 11.2. The Morgan fingerprint density at radius 1 is 1.07 bits per heavy atom. The van der Waals surface area contributed by atoms with Crippen LogP contribution in [0.4, 0.5) is 11.4 Å². The SMILES string of the molecule is COc1ccc(C(=O)Nc2cc(-c3ccc(S(N)(=O)=O)s3)ccc2N)cc1. The first-order valence-corrected chi connectivity index (χ1v) is 10.1. The number of sulfonamides is 1. The Bertz CT molecular complexity index is 1090. The number of rotatable bonds is 5. The van der Waals surface area contributed by atoms with Crippen LogP contribution in [0.3, 0.4) is 0 Å². The number of nitrogen functional groups attached to an aromatic ring is 1. The third kappa shape index (κ3) is 4.27. The Kier molecular flexibility index (Phi) is 5.17. The largest absolute Gasteiger partial charge is 0.497 e. The highest BCUT2D eigenvalue weighted by Crippen LogP contribution is 2.33. The van der Waals surface area contributed by atoms with Crippen molar-refractivity contribution in [1.82, 2.24) is 0 Å². The highest BCUT2D eigenvalue weighted by Gasteiger charge is 2.14. The van der Waals surface area contributed by atoms with E-state index in [2.05, 4.69) is 5.32 Å². The Balaban J connectivity index is 1.87. The summed E-state index contributed by atoms with van der Waals surface area (Å²) in [7, 11) is -2.21. The summed E-state index contributed by atoms with van der Waals surface area (Å²) in [6.07, 6.45) is 0. The molecule has 0 fully saturated rings. The number of primary sulfonamides is 1. The lowest BCUT2D eigenvalue weighted by Crippen LogP contribution is -2.13. The summed E-state index contributed by atoms with van der Waals surface area (Å²) in [5, 5.41) is 7.92. The minimum atomic E-state index is -3.76. The number of methoxy groups -OCH3 is 1. The Morgan fingerprint density at radius 3 is 2.37 bits per heavy atom. The number of hydrogen-bond acceptors (Lipinski definition) is 6. The summed E-state index contributed by atoms with van der Waals surface area (Å²) in [5.41, 5.74) is 7.96. The van der Waals surface area contributed by atoms with Gasteiger partial charge in [-0.3, -0.25) is 4.79 Å². The van der Waals surface area contributed by atoms with E-state index in [1.165, 1.54) is 6.07 Å². The van der Waals surface area contributed by atoms with Crippen LogP contribution in [-0.2, 0) is 10.0 Å². The Morgan fingerprint density at radius 2 is 1.78 bits per heavy atom. The van der Waals surface area contributed by atoms with Gasteiger partial charge in [0.1, 0.15) is 9.96 Å². The van der Waals surface area contributed by atoms with Gasteiger partial charge < -0.3 is 15.8 Å². The van der Waals surface area contributed by atoms with Gasteiger partial charge in [0, 0.05) is 10.4 Å². The number of carbonyl (C=O) groups excluding carboxylic acids is 1. The van der Waals surface area contributed by atoms with Gasteiger partial charge in [-0.05, 0) is 54.1 Å². The van der Waals surface area contributed by atoms with Crippen LogP contribution in [0.1, 0.15) is 10.4 Å². The Labute approximate surface area is 160 Å². The van der Waals surface area contributed by atoms with E-state index >= 15 is 0 Å². The van der Waals surface area contributed by atoms with Crippen LogP contribution in [0.5, 0.6) is 5.75 Å². The molecule has 0 aliphatic heterocycles. The number of nitrogens with two attached hydrogens (primary N) is 2. The molecule has 9 heteroatoms. The number of ether oxygens (including phenoxy) is 1. The molecule has 140 valence electrons. The fraction of sp³-hybridized carbons (Fsp3) is 0.0556. The monoisotopic (exact) mass is 403 g/mol. The van der Waals surface area contributed by atoms with Crippen molar-refractivity contribution in [3.8, 4) is 16.2 Å². The number of hydrogen-bond donors (Lipinski definition) is 3. The fourth-order valence-electron chi connectivity index (χ4n) is 2.38. The maximum atomic E-state index is 12.4. The number of anilines is 2. The molecular formula is C18H17N3O4S2. The van der Waals surface area contributed by atoms with Crippen molar-refractivity contribution in [1.29, 1.82) is 0 Å². The van der Waals surface area contributed by atoms with E-state index < -0.39 is 10.0 Å². The van der Waals surface area contributed by atoms with E-state index in [0.717, 1.165) is 11.3 Å². The highest BCUT2D eigenvalue weighted by molar-refractivity contribution is 7.91. The van der Waals surface area contributed by atoms with Gasteiger partial charge in [-0.1, -0.05) is 6.07 Å². The van der Waals surface area contributed by atoms with Crippen molar-refractivity contribution < 1.29 is 17.9 Å². The maximum absolute atomic E-state index is 12.4. The topological polar surface area (TPSA) is 125 Å². The van der Waals surface area contributed by atoms with Crippen molar-refractivity contribution in [2.45, 2.75) is 4.21 Å². The van der Waals surface area contributed by atoms with Gasteiger partial charge in [-0.2, -0.15) is 0 Å². The molecule has 1 aromatic heterocycles. The fourth-order valence-corrected chi connectivity index (χ4v) is 4.11. The van der Waals surface area contributed by atoms with Gasteiger partial charge in [0.05, 0.1) is 18.5 Å². The molecule has 0 aliphatic rings. The van der Waals surface area contributed by atoms with Gasteiger partial charge in [0.25, 0.3) is 5.91 Å². The molecule has 3 rings (SSSR count). The first-order chi connectivity index (χ1) is 12.8. The minimum absolute atomic E-state index is 0.0677. The van der Waals surface area contributed by atoms with Gasteiger partial charge >= 0.3 is 0 Å². The van der Waals surface area contributed by atoms with Crippen LogP contribution in [0.2, 0.25) is 0 Å². The smallest absolute Gasteiger partial charge is 0.255 e. The van der Waals surface area contributed by atoms with E-state index in [1.807, 2.05) is 0 Å². The van der Waals surface area contributed by atoms with Crippen LogP contribution in [0, 0.1) is 0 Å². The first-order valence-electron chi connectivity index (χ1n) is 7.76. The second kappa shape index (κ2) is 7.39. The number of nitrogens with one attached hydrogen (secondary N) is 1. The quantitative estimate of drug-likeness (QED) is 0.565. The summed E-state index contributed by atoms with van der Waals surface area (Å²) >= 11 is 1.05. The first kappa shape index (κ1) is 18.9. The lowest BCUT2D eigenvalue weighted by atomic mass is 10.1. The summed E-state index contributed by atoms with van der Waals surface area (Å²) in [6.45, 7) is 0. The third-order valence-corrected chi connectivity index (χ3v) is 6.37. The summed E-state index contributed by atoms with van der Waals surface area (Å²) in [5.74, 6) is 0.328.